The number of halogens is 3. The number of imidazole rings is 1. The highest BCUT2D eigenvalue weighted by Crippen LogP contribution is 2.35. The van der Waals surface area contributed by atoms with Crippen molar-refractivity contribution in [2.45, 2.75) is 19.5 Å². The van der Waals surface area contributed by atoms with Crippen LogP contribution in [-0.2, 0) is 12.6 Å². The van der Waals surface area contributed by atoms with E-state index in [9.17, 15) is 18.0 Å². The zero-order valence-corrected chi connectivity index (χ0v) is 12.9. The fraction of sp³-hybridized carbons (Fsp3) is 0.333. The van der Waals surface area contributed by atoms with E-state index in [1.165, 1.54) is 12.4 Å². The minimum atomic E-state index is -4.50. The Kier molecular flexibility index (Phi) is 5.67. The lowest BCUT2D eigenvalue weighted by atomic mass is 10.2. The van der Waals surface area contributed by atoms with Crippen molar-refractivity contribution in [3.8, 4) is 5.75 Å². The summed E-state index contributed by atoms with van der Waals surface area (Å²) in [5.74, 6) is 0.175. The van der Waals surface area contributed by atoms with Crippen LogP contribution < -0.4 is 15.4 Å². The van der Waals surface area contributed by atoms with Gasteiger partial charge in [-0.2, -0.15) is 13.2 Å². The number of aromatic amines is 1. The quantitative estimate of drug-likeness (QED) is 0.754. The molecule has 130 valence electrons. The van der Waals surface area contributed by atoms with Crippen LogP contribution in [0.2, 0.25) is 0 Å². The third kappa shape index (κ3) is 4.90. The maximum absolute atomic E-state index is 12.8. The molecule has 0 bridgehead atoms. The van der Waals surface area contributed by atoms with Crippen molar-refractivity contribution in [3.63, 3.8) is 0 Å². The Balaban J connectivity index is 2.01. The van der Waals surface area contributed by atoms with E-state index in [1.54, 1.807) is 13.1 Å². The standard InChI is InChI=1S/C15H17F3N4O2/c1-2-24-13-4-3-10(15(16,17)18)7-12(13)22-14(23)20-6-5-11-8-19-9-21-11/h3-4,7-9H,2,5-6H2,1H3,(H,19,21)(H2,20,22,23). The molecule has 0 aliphatic heterocycles. The molecule has 2 aromatic rings. The van der Waals surface area contributed by atoms with E-state index >= 15 is 0 Å². The van der Waals surface area contributed by atoms with Gasteiger partial charge < -0.3 is 20.4 Å². The van der Waals surface area contributed by atoms with Crippen molar-refractivity contribution in [3.05, 3.63) is 42.0 Å². The lowest BCUT2D eigenvalue weighted by molar-refractivity contribution is -0.137. The van der Waals surface area contributed by atoms with Crippen molar-refractivity contribution < 1.29 is 22.7 Å². The van der Waals surface area contributed by atoms with E-state index in [0.29, 0.717) is 13.0 Å². The third-order valence-electron chi connectivity index (χ3n) is 3.09. The van der Waals surface area contributed by atoms with Crippen LogP contribution in [0.25, 0.3) is 0 Å². The molecule has 24 heavy (non-hydrogen) atoms. The van der Waals surface area contributed by atoms with Gasteiger partial charge in [0.25, 0.3) is 0 Å². The van der Waals surface area contributed by atoms with E-state index < -0.39 is 17.8 Å². The Bertz CT molecular complexity index is 672. The highest BCUT2D eigenvalue weighted by Gasteiger charge is 2.31. The number of aromatic nitrogens is 2. The maximum atomic E-state index is 12.8. The number of hydrogen-bond donors (Lipinski definition) is 3. The fourth-order valence-corrected chi connectivity index (χ4v) is 1.98. The van der Waals surface area contributed by atoms with E-state index in [1.807, 2.05) is 0 Å². The van der Waals surface area contributed by atoms with Crippen LogP contribution in [0.1, 0.15) is 18.2 Å². The number of nitrogens with one attached hydrogen (secondary N) is 3. The van der Waals surface area contributed by atoms with E-state index in [-0.39, 0.29) is 18.0 Å². The monoisotopic (exact) mass is 342 g/mol. The number of amides is 2. The molecule has 1 heterocycles. The molecule has 6 nitrogen and oxygen atoms in total. The second-order valence-corrected chi connectivity index (χ2v) is 4.85. The van der Waals surface area contributed by atoms with Crippen molar-refractivity contribution >= 4 is 11.7 Å². The van der Waals surface area contributed by atoms with Gasteiger partial charge in [0.05, 0.1) is 24.2 Å². The first-order valence-corrected chi connectivity index (χ1v) is 7.26. The summed E-state index contributed by atoms with van der Waals surface area (Å²) in [5.41, 5.74) is -0.0613. The number of carbonyl (C=O) groups is 1. The first-order chi connectivity index (χ1) is 11.4. The van der Waals surface area contributed by atoms with Gasteiger partial charge in [0.15, 0.2) is 0 Å². The van der Waals surface area contributed by atoms with Gasteiger partial charge >= 0.3 is 12.2 Å². The van der Waals surface area contributed by atoms with Gasteiger partial charge in [-0.3, -0.25) is 0 Å². The summed E-state index contributed by atoms with van der Waals surface area (Å²) in [6.45, 7) is 2.27. The fourth-order valence-electron chi connectivity index (χ4n) is 1.98. The second-order valence-electron chi connectivity index (χ2n) is 4.85. The van der Waals surface area contributed by atoms with Crippen LogP contribution in [0.5, 0.6) is 5.75 Å². The first-order valence-electron chi connectivity index (χ1n) is 7.26. The molecule has 0 aliphatic rings. The minimum absolute atomic E-state index is 0.0364. The molecule has 9 heteroatoms. The van der Waals surface area contributed by atoms with Crippen LogP contribution >= 0.6 is 0 Å². The smallest absolute Gasteiger partial charge is 0.416 e. The second kappa shape index (κ2) is 7.71. The number of alkyl halides is 3. The highest BCUT2D eigenvalue weighted by atomic mass is 19.4. The Hall–Kier alpha value is -2.71. The SMILES string of the molecule is CCOc1ccc(C(F)(F)F)cc1NC(=O)NCCc1cnc[nH]1. The number of anilines is 1. The van der Waals surface area contributed by atoms with Crippen LogP contribution in [0, 0.1) is 0 Å². The number of H-pyrrole nitrogens is 1. The Labute approximate surface area is 136 Å². The van der Waals surface area contributed by atoms with Crippen molar-refractivity contribution in [2.24, 2.45) is 0 Å². The molecule has 2 amide bonds. The zero-order valence-electron chi connectivity index (χ0n) is 12.9. The van der Waals surface area contributed by atoms with Gasteiger partial charge in [0, 0.05) is 24.9 Å². The number of hydrogen-bond acceptors (Lipinski definition) is 3. The van der Waals surface area contributed by atoms with E-state index in [4.69, 9.17) is 4.74 Å². The van der Waals surface area contributed by atoms with Crippen molar-refractivity contribution in [1.29, 1.82) is 0 Å². The lowest BCUT2D eigenvalue weighted by Crippen LogP contribution is -2.30. The molecule has 0 saturated carbocycles. The van der Waals surface area contributed by atoms with Crippen molar-refractivity contribution in [2.75, 3.05) is 18.5 Å². The van der Waals surface area contributed by atoms with Gasteiger partial charge in [-0.05, 0) is 25.1 Å². The Morgan fingerprint density at radius 2 is 2.17 bits per heavy atom. The minimum Gasteiger partial charge on any atom is -0.492 e. The molecule has 1 aromatic carbocycles. The molecule has 0 fully saturated rings. The molecule has 0 unspecified atom stereocenters. The summed E-state index contributed by atoms with van der Waals surface area (Å²) < 4.78 is 43.7. The first kappa shape index (κ1) is 17.6. The summed E-state index contributed by atoms with van der Waals surface area (Å²) >= 11 is 0. The molecule has 0 saturated heterocycles. The average Bonchev–Trinajstić information content (AvgIpc) is 3.01. The summed E-state index contributed by atoms with van der Waals surface area (Å²) in [6.07, 6.45) is -0.835. The summed E-state index contributed by atoms with van der Waals surface area (Å²) in [6, 6.07) is 2.33. The predicted molar refractivity (Wildman–Crippen MR) is 81.9 cm³/mol. The Morgan fingerprint density at radius 3 is 2.79 bits per heavy atom. The number of carbonyl (C=O) groups excluding carboxylic acids is 1. The van der Waals surface area contributed by atoms with E-state index in [0.717, 1.165) is 17.8 Å². The molecular formula is C15H17F3N4O2. The number of nitrogens with zero attached hydrogens (tertiary/aromatic N) is 1. The molecule has 0 radical (unpaired) electrons. The lowest BCUT2D eigenvalue weighted by Gasteiger charge is -2.15. The number of ether oxygens (including phenoxy) is 1. The average molecular weight is 342 g/mol. The molecule has 0 aliphatic carbocycles. The topological polar surface area (TPSA) is 79.0 Å². The normalized spacial score (nSPS) is 11.2. The van der Waals surface area contributed by atoms with Crippen LogP contribution in [0.3, 0.4) is 0 Å². The number of rotatable bonds is 6. The van der Waals surface area contributed by atoms with Crippen LogP contribution in [0.4, 0.5) is 23.7 Å². The van der Waals surface area contributed by atoms with Crippen molar-refractivity contribution in [1.82, 2.24) is 15.3 Å². The number of benzene rings is 1. The molecular weight excluding hydrogens is 325 g/mol. The van der Waals surface area contributed by atoms with Gasteiger partial charge in [0.2, 0.25) is 0 Å². The van der Waals surface area contributed by atoms with Gasteiger partial charge in [-0.1, -0.05) is 0 Å². The summed E-state index contributed by atoms with van der Waals surface area (Å²) in [5, 5.41) is 4.95. The molecule has 3 N–H and O–H groups in total. The molecule has 1 aromatic heterocycles. The van der Waals surface area contributed by atoms with Gasteiger partial charge in [-0.25, -0.2) is 9.78 Å². The third-order valence-corrected chi connectivity index (χ3v) is 3.09. The highest BCUT2D eigenvalue weighted by molar-refractivity contribution is 5.91. The van der Waals surface area contributed by atoms with Gasteiger partial charge in [-0.15, -0.1) is 0 Å². The summed E-state index contributed by atoms with van der Waals surface area (Å²) in [7, 11) is 0. The van der Waals surface area contributed by atoms with Crippen LogP contribution in [0.15, 0.2) is 30.7 Å². The Morgan fingerprint density at radius 1 is 1.38 bits per heavy atom. The molecule has 2 rings (SSSR count). The molecule has 0 atom stereocenters. The van der Waals surface area contributed by atoms with Gasteiger partial charge in [0.1, 0.15) is 5.75 Å². The van der Waals surface area contributed by atoms with Crippen LogP contribution in [-0.4, -0.2) is 29.2 Å². The largest absolute Gasteiger partial charge is 0.492 e. The molecule has 0 spiro atoms. The summed E-state index contributed by atoms with van der Waals surface area (Å²) in [4.78, 5) is 18.6. The predicted octanol–water partition coefficient (Wildman–Crippen LogP) is 3.19. The zero-order chi connectivity index (χ0) is 17.6. The maximum Gasteiger partial charge on any atom is 0.416 e. The van der Waals surface area contributed by atoms with E-state index in [2.05, 4.69) is 20.6 Å². The number of urea groups is 1.